The van der Waals surface area contributed by atoms with Crippen LogP contribution in [0.15, 0.2) is 42.5 Å². The fourth-order valence-corrected chi connectivity index (χ4v) is 2.83. The van der Waals surface area contributed by atoms with E-state index in [0.29, 0.717) is 24.7 Å². The number of carbonyl (C=O) groups is 1. The predicted octanol–water partition coefficient (Wildman–Crippen LogP) is 2.51. The largest absolute Gasteiger partial charge is 0.493 e. The molecular formula is C19H22N2O4. The number of urea groups is 1. The third-order valence-electron chi connectivity index (χ3n) is 4.12. The molecule has 6 nitrogen and oxygen atoms in total. The quantitative estimate of drug-likeness (QED) is 0.876. The summed E-state index contributed by atoms with van der Waals surface area (Å²) in [5, 5.41) is 5.81. The maximum Gasteiger partial charge on any atom is 0.315 e. The molecule has 0 saturated heterocycles. The van der Waals surface area contributed by atoms with E-state index < -0.39 is 0 Å². The minimum atomic E-state index is -0.220. The highest BCUT2D eigenvalue weighted by Gasteiger charge is 2.20. The lowest BCUT2D eigenvalue weighted by Crippen LogP contribution is -2.47. The molecule has 0 radical (unpaired) electrons. The van der Waals surface area contributed by atoms with Gasteiger partial charge in [-0.15, -0.1) is 0 Å². The zero-order chi connectivity index (χ0) is 17.6. The zero-order valence-electron chi connectivity index (χ0n) is 14.4. The van der Waals surface area contributed by atoms with E-state index in [2.05, 4.69) is 10.6 Å². The number of carbonyl (C=O) groups excluding carboxylic acids is 1. The smallest absolute Gasteiger partial charge is 0.315 e. The van der Waals surface area contributed by atoms with Crippen LogP contribution in [0.5, 0.6) is 17.2 Å². The van der Waals surface area contributed by atoms with Gasteiger partial charge in [-0.1, -0.05) is 24.3 Å². The Balaban J connectivity index is 1.52. The van der Waals surface area contributed by atoms with Gasteiger partial charge >= 0.3 is 6.03 Å². The van der Waals surface area contributed by atoms with Gasteiger partial charge in [-0.25, -0.2) is 4.79 Å². The number of rotatable bonds is 5. The first-order valence-corrected chi connectivity index (χ1v) is 8.15. The standard InChI is InChI=1S/C19H22N2O4/c1-23-17-8-7-13(9-18(17)24-2)11-20-19(22)21-15-10-14-5-3-4-6-16(14)25-12-15/h3-9,15H,10-12H2,1-2H3,(H2,20,21,22). The second-order valence-corrected chi connectivity index (χ2v) is 5.84. The van der Waals surface area contributed by atoms with Crippen LogP contribution in [0.4, 0.5) is 4.79 Å². The number of ether oxygens (including phenoxy) is 3. The van der Waals surface area contributed by atoms with Crippen LogP contribution in [0.3, 0.4) is 0 Å². The summed E-state index contributed by atoms with van der Waals surface area (Å²) in [6.45, 7) is 0.872. The van der Waals surface area contributed by atoms with Gasteiger partial charge in [0.2, 0.25) is 0 Å². The van der Waals surface area contributed by atoms with E-state index in [1.165, 1.54) is 0 Å². The summed E-state index contributed by atoms with van der Waals surface area (Å²) in [7, 11) is 3.18. The van der Waals surface area contributed by atoms with Crippen molar-refractivity contribution in [2.24, 2.45) is 0 Å². The second kappa shape index (κ2) is 7.79. The van der Waals surface area contributed by atoms with E-state index >= 15 is 0 Å². The van der Waals surface area contributed by atoms with Gasteiger partial charge in [0.1, 0.15) is 12.4 Å². The summed E-state index contributed by atoms with van der Waals surface area (Å²) in [4.78, 5) is 12.1. The van der Waals surface area contributed by atoms with Crippen molar-refractivity contribution in [2.45, 2.75) is 19.0 Å². The number of hydrogen-bond donors (Lipinski definition) is 2. The van der Waals surface area contributed by atoms with E-state index in [0.717, 1.165) is 23.3 Å². The minimum absolute atomic E-state index is 0.0414. The first-order chi connectivity index (χ1) is 12.2. The molecule has 0 bridgehead atoms. The monoisotopic (exact) mass is 342 g/mol. The second-order valence-electron chi connectivity index (χ2n) is 5.84. The van der Waals surface area contributed by atoms with Gasteiger partial charge in [-0.05, 0) is 35.7 Å². The van der Waals surface area contributed by atoms with Crippen LogP contribution in [0.1, 0.15) is 11.1 Å². The Bertz CT molecular complexity index is 748. The van der Waals surface area contributed by atoms with Crippen molar-refractivity contribution in [3.8, 4) is 17.2 Å². The van der Waals surface area contributed by atoms with Crippen LogP contribution in [0, 0.1) is 0 Å². The molecule has 6 heteroatoms. The van der Waals surface area contributed by atoms with E-state index in [4.69, 9.17) is 14.2 Å². The molecule has 0 aliphatic carbocycles. The molecular weight excluding hydrogens is 320 g/mol. The van der Waals surface area contributed by atoms with Gasteiger partial charge in [0, 0.05) is 6.54 Å². The van der Waals surface area contributed by atoms with E-state index in [9.17, 15) is 4.79 Å². The molecule has 3 rings (SSSR count). The highest BCUT2D eigenvalue weighted by atomic mass is 16.5. The lowest BCUT2D eigenvalue weighted by atomic mass is 10.0. The minimum Gasteiger partial charge on any atom is -0.493 e. The lowest BCUT2D eigenvalue weighted by molar-refractivity contribution is 0.214. The number of para-hydroxylation sites is 1. The third kappa shape index (κ3) is 4.15. The van der Waals surface area contributed by atoms with Crippen LogP contribution < -0.4 is 24.8 Å². The molecule has 1 atom stereocenters. The van der Waals surface area contributed by atoms with Gasteiger partial charge in [0.05, 0.1) is 20.3 Å². The maximum absolute atomic E-state index is 12.1. The zero-order valence-corrected chi connectivity index (χ0v) is 14.4. The van der Waals surface area contributed by atoms with Crippen molar-refractivity contribution < 1.29 is 19.0 Å². The number of fused-ring (bicyclic) bond motifs is 1. The van der Waals surface area contributed by atoms with Crippen molar-refractivity contribution in [1.29, 1.82) is 0 Å². The van der Waals surface area contributed by atoms with E-state index in [1.807, 2.05) is 42.5 Å². The van der Waals surface area contributed by atoms with Crippen molar-refractivity contribution in [3.63, 3.8) is 0 Å². The Kier molecular flexibility index (Phi) is 5.28. The summed E-state index contributed by atoms with van der Waals surface area (Å²) >= 11 is 0. The molecule has 0 spiro atoms. The van der Waals surface area contributed by atoms with Crippen LogP contribution in [-0.4, -0.2) is 32.9 Å². The normalized spacial score (nSPS) is 15.5. The number of benzene rings is 2. The molecule has 1 heterocycles. The molecule has 2 aromatic carbocycles. The Morgan fingerprint density at radius 2 is 1.96 bits per heavy atom. The van der Waals surface area contributed by atoms with Gasteiger partial charge in [-0.2, -0.15) is 0 Å². The summed E-state index contributed by atoms with van der Waals surface area (Å²) in [5.41, 5.74) is 2.04. The Labute approximate surface area is 147 Å². The molecule has 1 aliphatic heterocycles. The number of methoxy groups -OCH3 is 2. The Hall–Kier alpha value is -2.89. The van der Waals surface area contributed by atoms with Crippen molar-refractivity contribution >= 4 is 6.03 Å². The van der Waals surface area contributed by atoms with Crippen LogP contribution in [-0.2, 0) is 13.0 Å². The highest BCUT2D eigenvalue weighted by molar-refractivity contribution is 5.74. The summed E-state index contributed by atoms with van der Waals surface area (Å²) in [6, 6.07) is 13.2. The van der Waals surface area contributed by atoms with E-state index in [-0.39, 0.29) is 12.1 Å². The number of nitrogens with one attached hydrogen (secondary N) is 2. The van der Waals surface area contributed by atoms with E-state index in [1.54, 1.807) is 14.2 Å². The molecule has 1 unspecified atom stereocenters. The van der Waals surface area contributed by atoms with Gasteiger partial charge < -0.3 is 24.8 Å². The third-order valence-corrected chi connectivity index (χ3v) is 4.12. The Morgan fingerprint density at radius 1 is 1.16 bits per heavy atom. The van der Waals surface area contributed by atoms with Crippen molar-refractivity contribution in [3.05, 3.63) is 53.6 Å². The number of hydrogen-bond acceptors (Lipinski definition) is 4. The fourth-order valence-electron chi connectivity index (χ4n) is 2.83. The molecule has 0 aromatic heterocycles. The van der Waals surface area contributed by atoms with Gasteiger partial charge in [0.25, 0.3) is 0 Å². The van der Waals surface area contributed by atoms with Gasteiger partial charge in [0.15, 0.2) is 11.5 Å². The topological polar surface area (TPSA) is 68.8 Å². The number of amides is 2. The fraction of sp³-hybridized carbons (Fsp3) is 0.316. The molecule has 132 valence electrons. The van der Waals surface area contributed by atoms with Crippen LogP contribution in [0.25, 0.3) is 0 Å². The average molecular weight is 342 g/mol. The average Bonchev–Trinajstić information content (AvgIpc) is 2.66. The van der Waals surface area contributed by atoms with Crippen LogP contribution >= 0.6 is 0 Å². The highest BCUT2D eigenvalue weighted by Crippen LogP contribution is 2.27. The van der Waals surface area contributed by atoms with Crippen molar-refractivity contribution in [1.82, 2.24) is 10.6 Å². The summed E-state index contributed by atoms with van der Waals surface area (Å²) < 4.78 is 16.2. The lowest BCUT2D eigenvalue weighted by Gasteiger charge is -2.26. The first-order valence-electron chi connectivity index (χ1n) is 8.15. The maximum atomic E-state index is 12.1. The summed E-state index contributed by atoms with van der Waals surface area (Å²) in [6.07, 6.45) is 0.764. The first kappa shape index (κ1) is 17.0. The SMILES string of the molecule is COc1ccc(CNC(=O)NC2COc3ccccc3C2)cc1OC. The van der Waals surface area contributed by atoms with Crippen molar-refractivity contribution in [2.75, 3.05) is 20.8 Å². The molecule has 1 aliphatic rings. The Morgan fingerprint density at radius 3 is 2.76 bits per heavy atom. The molecule has 0 fully saturated rings. The molecule has 2 aromatic rings. The van der Waals surface area contributed by atoms with Crippen LogP contribution in [0.2, 0.25) is 0 Å². The summed E-state index contributed by atoms with van der Waals surface area (Å²) in [5.74, 6) is 2.19. The molecule has 0 saturated carbocycles. The molecule has 2 amide bonds. The predicted molar refractivity (Wildman–Crippen MR) is 94.3 cm³/mol. The van der Waals surface area contributed by atoms with Gasteiger partial charge in [-0.3, -0.25) is 0 Å². The molecule has 2 N–H and O–H groups in total. The molecule has 25 heavy (non-hydrogen) atoms.